The standard InChI is InChI=1S/C14H18N4OS/c1-4-11-5-16-13(19-11)7-15-6-12-10(3)17-14-18(12)8-9(2)20-14/h5,8,15H,4,6-7H2,1-3H3. The minimum Gasteiger partial charge on any atom is -0.444 e. The molecule has 3 heterocycles. The predicted molar refractivity (Wildman–Crippen MR) is 79.0 cm³/mol. The summed E-state index contributed by atoms with van der Waals surface area (Å²) in [4.78, 5) is 11.2. The van der Waals surface area contributed by atoms with E-state index in [2.05, 4.69) is 39.7 Å². The van der Waals surface area contributed by atoms with Crippen molar-refractivity contribution in [2.45, 2.75) is 40.3 Å². The molecule has 0 aliphatic heterocycles. The summed E-state index contributed by atoms with van der Waals surface area (Å²) >= 11 is 1.72. The zero-order valence-corrected chi connectivity index (χ0v) is 12.8. The number of nitrogens with one attached hydrogen (secondary N) is 1. The Bertz CT molecular complexity index is 725. The molecule has 0 unspecified atom stereocenters. The van der Waals surface area contributed by atoms with Crippen LogP contribution in [0.3, 0.4) is 0 Å². The van der Waals surface area contributed by atoms with Crippen LogP contribution in [0.4, 0.5) is 0 Å². The molecule has 0 amide bonds. The molecule has 0 aliphatic carbocycles. The predicted octanol–water partition coefficient (Wildman–Crippen LogP) is 2.85. The summed E-state index contributed by atoms with van der Waals surface area (Å²) in [6.45, 7) is 7.60. The Kier molecular flexibility index (Phi) is 3.58. The van der Waals surface area contributed by atoms with Crippen molar-refractivity contribution in [1.82, 2.24) is 19.7 Å². The van der Waals surface area contributed by atoms with Gasteiger partial charge in [0, 0.05) is 24.0 Å². The molecule has 3 rings (SSSR count). The number of rotatable bonds is 5. The van der Waals surface area contributed by atoms with Crippen LogP contribution >= 0.6 is 11.3 Å². The van der Waals surface area contributed by atoms with Crippen LogP contribution in [-0.2, 0) is 19.5 Å². The van der Waals surface area contributed by atoms with Crippen molar-refractivity contribution in [3.05, 3.63) is 40.3 Å². The van der Waals surface area contributed by atoms with E-state index < -0.39 is 0 Å². The number of aromatic nitrogens is 3. The van der Waals surface area contributed by atoms with Crippen LogP contribution < -0.4 is 5.32 Å². The van der Waals surface area contributed by atoms with Crippen LogP contribution in [0, 0.1) is 13.8 Å². The molecule has 6 heteroatoms. The SMILES string of the molecule is CCc1cnc(CNCc2c(C)nc3sc(C)cn23)o1. The summed E-state index contributed by atoms with van der Waals surface area (Å²) in [6.07, 6.45) is 4.81. The number of thiazole rings is 1. The lowest BCUT2D eigenvalue weighted by Gasteiger charge is -2.02. The van der Waals surface area contributed by atoms with Gasteiger partial charge in [-0.2, -0.15) is 0 Å². The summed E-state index contributed by atoms with van der Waals surface area (Å²) in [5, 5.41) is 3.37. The molecule has 0 radical (unpaired) electrons. The molecule has 106 valence electrons. The molecule has 0 atom stereocenters. The lowest BCUT2D eigenvalue weighted by Crippen LogP contribution is -2.14. The van der Waals surface area contributed by atoms with Gasteiger partial charge < -0.3 is 9.73 Å². The van der Waals surface area contributed by atoms with E-state index in [0.717, 1.165) is 35.3 Å². The molecule has 0 aromatic carbocycles. The van der Waals surface area contributed by atoms with Crippen molar-refractivity contribution >= 4 is 16.3 Å². The largest absolute Gasteiger partial charge is 0.444 e. The van der Waals surface area contributed by atoms with Crippen LogP contribution in [0.2, 0.25) is 0 Å². The van der Waals surface area contributed by atoms with Crippen LogP contribution in [-0.4, -0.2) is 14.4 Å². The van der Waals surface area contributed by atoms with Crippen LogP contribution in [0.5, 0.6) is 0 Å². The first-order valence-electron chi connectivity index (χ1n) is 6.75. The highest BCUT2D eigenvalue weighted by atomic mass is 32.1. The minimum absolute atomic E-state index is 0.635. The highest BCUT2D eigenvalue weighted by Crippen LogP contribution is 2.20. The normalized spacial score (nSPS) is 11.6. The van der Waals surface area contributed by atoms with Gasteiger partial charge in [0.25, 0.3) is 0 Å². The van der Waals surface area contributed by atoms with Crippen molar-refractivity contribution in [2.75, 3.05) is 0 Å². The molecule has 20 heavy (non-hydrogen) atoms. The average molecular weight is 290 g/mol. The van der Waals surface area contributed by atoms with Gasteiger partial charge in [-0.3, -0.25) is 4.40 Å². The lowest BCUT2D eigenvalue weighted by atomic mass is 10.3. The topological polar surface area (TPSA) is 55.4 Å². The van der Waals surface area contributed by atoms with E-state index in [4.69, 9.17) is 4.42 Å². The fourth-order valence-electron chi connectivity index (χ4n) is 2.20. The van der Waals surface area contributed by atoms with Crippen LogP contribution in [0.1, 0.15) is 34.8 Å². The Morgan fingerprint density at radius 3 is 2.95 bits per heavy atom. The Labute approximate surface area is 121 Å². The molecular weight excluding hydrogens is 272 g/mol. The van der Waals surface area contributed by atoms with Crippen molar-refractivity contribution in [2.24, 2.45) is 0 Å². The van der Waals surface area contributed by atoms with Crippen LogP contribution in [0.25, 0.3) is 4.96 Å². The van der Waals surface area contributed by atoms with Crippen molar-refractivity contribution in [1.29, 1.82) is 0 Å². The third-order valence-electron chi connectivity index (χ3n) is 3.26. The van der Waals surface area contributed by atoms with Gasteiger partial charge in [0.05, 0.1) is 24.1 Å². The first kappa shape index (κ1) is 13.3. The first-order valence-corrected chi connectivity index (χ1v) is 7.57. The second-order valence-corrected chi connectivity index (χ2v) is 6.03. The van der Waals surface area contributed by atoms with E-state index in [1.165, 1.54) is 10.6 Å². The number of oxazole rings is 1. The number of aryl methyl sites for hydroxylation is 3. The smallest absolute Gasteiger partial charge is 0.208 e. The van der Waals surface area contributed by atoms with Gasteiger partial charge in [-0.1, -0.05) is 6.92 Å². The van der Waals surface area contributed by atoms with Gasteiger partial charge in [0.15, 0.2) is 4.96 Å². The zero-order chi connectivity index (χ0) is 14.1. The number of imidazole rings is 1. The molecular formula is C14H18N4OS. The molecule has 0 spiro atoms. The van der Waals surface area contributed by atoms with E-state index >= 15 is 0 Å². The van der Waals surface area contributed by atoms with Gasteiger partial charge in [-0.05, 0) is 13.8 Å². The van der Waals surface area contributed by atoms with E-state index in [1.54, 1.807) is 17.5 Å². The first-order chi connectivity index (χ1) is 9.67. The van der Waals surface area contributed by atoms with Gasteiger partial charge in [0.2, 0.25) is 5.89 Å². The maximum Gasteiger partial charge on any atom is 0.208 e. The minimum atomic E-state index is 0.635. The monoisotopic (exact) mass is 290 g/mol. The molecule has 0 fully saturated rings. The number of hydrogen-bond acceptors (Lipinski definition) is 5. The third-order valence-corrected chi connectivity index (χ3v) is 4.16. The van der Waals surface area contributed by atoms with Gasteiger partial charge in [-0.25, -0.2) is 9.97 Å². The molecule has 5 nitrogen and oxygen atoms in total. The van der Waals surface area contributed by atoms with E-state index in [0.29, 0.717) is 6.54 Å². The summed E-state index contributed by atoms with van der Waals surface area (Å²) in [5.74, 6) is 1.67. The Balaban J connectivity index is 1.68. The number of hydrogen-bond donors (Lipinski definition) is 1. The molecule has 0 saturated heterocycles. The van der Waals surface area contributed by atoms with Crippen molar-refractivity contribution < 1.29 is 4.42 Å². The van der Waals surface area contributed by atoms with Crippen molar-refractivity contribution in [3.8, 4) is 0 Å². The quantitative estimate of drug-likeness (QED) is 0.785. The molecule has 3 aromatic rings. The molecule has 0 saturated carbocycles. The third kappa shape index (κ3) is 2.48. The van der Waals surface area contributed by atoms with Crippen LogP contribution in [0.15, 0.2) is 16.8 Å². The average Bonchev–Trinajstić information content (AvgIpc) is 3.07. The fraction of sp³-hybridized carbons (Fsp3) is 0.429. The Hall–Kier alpha value is -1.66. The van der Waals surface area contributed by atoms with Gasteiger partial charge >= 0.3 is 0 Å². The Morgan fingerprint density at radius 1 is 1.35 bits per heavy atom. The maximum atomic E-state index is 5.58. The summed E-state index contributed by atoms with van der Waals surface area (Å²) in [5.41, 5.74) is 2.28. The molecule has 3 aromatic heterocycles. The van der Waals surface area contributed by atoms with E-state index in [1.807, 2.05) is 6.92 Å². The maximum absolute atomic E-state index is 5.58. The number of fused-ring (bicyclic) bond motifs is 1. The summed E-state index contributed by atoms with van der Waals surface area (Å²) in [6, 6.07) is 0. The molecule has 0 bridgehead atoms. The highest BCUT2D eigenvalue weighted by Gasteiger charge is 2.11. The van der Waals surface area contributed by atoms with E-state index in [9.17, 15) is 0 Å². The van der Waals surface area contributed by atoms with E-state index in [-0.39, 0.29) is 0 Å². The summed E-state index contributed by atoms with van der Waals surface area (Å²) < 4.78 is 7.74. The van der Waals surface area contributed by atoms with Crippen molar-refractivity contribution in [3.63, 3.8) is 0 Å². The fourth-order valence-corrected chi connectivity index (χ4v) is 3.09. The highest BCUT2D eigenvalue weighted by molar-refractivity contribution is 7.17. The molecule has 1 N–H and O–H groups in total. The van der Waals surface area contributed by atoms with Gasteiger partial charge in [-0.15, -0.1) is 11.3 Å². The molecule has 0 aliphatic rings. The second kappa shape index (κ2) is 5.38. The lowest BCUT2D eigenvalue weighted by molar-refractivity contribution is 0.438. The second-order valence-electron chi connectivity index (χ2n) is 4.82. The zero-order valence-electron chi connectivity index (χ0n) is 11.9. The Morgan fingerprint density at radius 2 is 2.20 bits per heavy atom. The number of nitrogens with zero attached hydrogens (tertiary/aromatic N) is 3. The summed E-state index contributed by atoms with van der Waals surface area (Å²) in [7, 11) is 0. The van der Waals surface area contributed by atoms with Gasteiger partial charge in [0.1, 0.15) is 5.76 Å².